The number of halogens is 1. The third-order valence-electron chi connectivity index (χ3n) is 3.27. The molecule has 8 heteroatoms. The Morgan fingerprint density at radius 1 is 1.55 bits per heavy atom. The molecule has 1 saturated heterocycles. The molecule has 0 aliphatic carbocycles. The first-order valence-electron chi connectivity index (χ1n) is 6.68. The molecule has 0 atom stereocenters. The van der Waals surface area contributed by atoms with Crippen LogP contribution in [0, 0.1) is 0 Å². The molecule has 0 aromatic carbocycles. The van der Waals surface area contributed by atoms with Gasteiger partial charge in [0.2, 0.25) is 0 Å². The summed E-state index contributed by atoms with van der Waals surface area (Å²) in [6, 6.07) is 3.58. The number of nitrogens with zero attached hydrogens (tertiary/aromatic N) is 3. The lowest BCUT2D eigenvalue weighted by atomic mass is 10.3. The average Bonchev–Trinajstić information content (AvgIpc) is 3.19. The molecule has 114 valence electrons. The van der Waals surface area contributed by atoms with Crippen molar-refractivity contribution in [3.05, 3.63) is 46.2 Å². The summed E-state index contributed by atoms with van der Waals surface area (Å²) in [5, 5.41) is 7.54. The molecule has 0 saturated carbocycles. The van der Waals surface area contributed by atoms with Gasteiger partial charge in [-0.1, -0.05) is 0 Å². The van der Waals surface area contributed by atoms with E-state index in [0.29, 0.717) is 29.7 Å². The van der Waals surface area contributed by atoms with Crippen LogP contribution in [-0.4, -0.2) is 25.7 Å². The van der Waals surface area contributed by atoms with E-state index in [4.69, 9.17) is 16.6 Å². The lowest BCUT2D eigenvalue weighted by molar-refractivity contribution is -0.122. The fourth-order valence-electron chi connectivity index (χ4n) is 2.18. The molecular formula is C14H13BrN4O2S. The molecular weight excluding hydrogens is 368 g/mol. The Kier molecular flexibility index (Phi) is 4.12. The van der Waals surface area contributed by atoms with Crippen LogP contribution in [0.25, 0.3) is 6.08 Å². The SMILES string of the molecule is CCn1ncc(Br)c1/C=C1/NC(=S)N(Cc2ccco2)C1=O. The smallest absolute Gasteiger partial charge is 0.277 e. The number of aromatic nitrogens is 2. The summed E-state index contributed by atoms with van der Waals surface area (Å²) >= 11 is 8.67. The van der Waals surface area contributed by atoms with Gasteiger partial charge < -0.3 is 9.73 Å². The minimum Gasteiger partial charge on any atom is -0.467 e. The summed E-state index contributed by atoms with van der Waals surface area (Å²) in [5.74, 6) is 0.496. The highest BCUT2D eigenvalue weighted by molar-refractivity contribution is 9.10. The van der Waals surface area contributed by atoms with Gasteiger partial charge in [0.1, 0.15) is 11.5 Å². The van der Waals surface area contributed by atoms with Gasteiger partial charge in [-0.05, 0) is 53.3 Å². The summed E-state index contributed by atoms with van der Waals surface area (Å²) in [6.07, 6.45) is 5.02. The normalized spacial score (nSPS) is 16.6. The van der Waals surface area contributed by atoms with Crippen molar-refractivity contribution in [2.75, 3.05) is 0 Å². The average molecular weight is 381 g/mol. The number of carbonyl (C=O) groups excluding carboxylic acids is 1. The Morgan fingerprint density at radius 3 is 3.05 bits per heavy atom. The maximum Gasteiger partial charge on any atom is 0.277 e. The van der Waals surface area contributed by atoms with Gasteiger partial charge in [0.15, 0.2) is 5.11 Å². The molecule has 0 radical (unpaired) electrons. The number of hydrogen-bond donors (Lipinski definition) is 1. The molecule has 2 aromatic rings. The first-order valence-corrected chi connectivity index (χ1v) is 7.88. The monoisotopic (exact) mass is 380 g/mol. The summed E-state index contributed by atoms with van der Waals surface area (Å²) in [7, 11) is 0. The number of nitrogens with one attached hydrogen (secondary N) is 1. The Morgan fingerprint density at radius 2 is 2.36 bits per heavy atom. The van der Waals surface area contributed by atoms with Crippen LogP contribution >= 0.6 is 28.1 Å². The Labute approximate surface area is 140 Å². The fraction of sp³-hybridized carbons (Fsp3) is 0.214. The predicted octanol–water partition coefficient (Wildman–Crippen LogP) is 2.52. The molecule has 1 aliphatic rings. The van der Waals surface area contributed by atoms with E-state index >= 15 is 0 Å². The Hall–Kier alpha value is -1.93. The van der Waals surface area contributed by atoms with Crippen LogP contribution in [0.2, 0.25) is 0 Å². The van der Waals surface area contributed by atoms with Gasteiger partial charge in [-0.3, -0.25) is 14.4 Å². The van der Waals surface area contributed by atoms with Crippen molar-refractivity contribution in [3.63, 3.8) is 0 Å². The summed E-state index contributed by atoms with van der Waals surface area (Å²) < 4.78 is 7.89. The zero-order valence-electron chi connectivity index (χ0n) is 11.7. The topological polar surface area (TPSA) is 63.3 Å². The van der Waals surface area contributed by atoms with Crippen molar-refractivity contribution < 1.29 is 9.21 Å². The number of furan rings is 1. The minimum absolute atomic E-state index is 0.183. The number of rotatable bonds is 4. The van der Waals surface area contributed by atoms with Crippen LogP contribution in [0.1, 0.15) is 18.4 Å². The number of amides is 1. The molecule has 22 heavy (non-hydrogen) atoms. The fourth-order valence-corrected chi connectivity index (χ4v) is 2.85. The van der Waals surface area contributed by atoms with E-state index in [-0.39, 0.29) is 5.91 Å². The minimum atomic E-state index is -0.183. The van der Waals surface area contributed by atoms with Crippen molar-refractivity contribution in [1.82, 2.24) is 20.0 Å². The van der Waals surface area contributed by atoms with Crippen LogP contribution < -0.4 is 5.32 Å². The predicted molar refractivity (Wildman–Crippen MR) is 88.6 cm³/mol. The maximum atomic E-state index is 12.5. The van der Waals surface area contributed by atoms with Crippen molar-refractivity contribution in [2.45, 2.75) is 20.0 Å². The van der Waals surface area contributed by atoms with E-state index in [2.05, 4.69) is 26.3 Å². The third-order valence-corrected chi connectivity index (χ3v) is 4.20. The molecule has 1 N–H and O–H groups in total. The highest BCUT2D eigenvalue weighted by Gasteiger charge is 2.31. The molecule has 0 spiro atoms. The maximum absolute atomic E-state index is 12.5. The largest absolute Gasteiger partial charge is 0.467 e. The highest BCUT2D eigenvalue weighted by atomic mass is 79.9. The van der Waals surface area contributed by atoms with Crippen LogP contribution in [0.15, 0.2) is 39.2 Å². The summed E-state index contributed by atoms with van der Waals surface area (Å²) in [6.45, 7) is 3.00. The van der Waals surface area contributed by atoms with Crippen LogP contribution in [0.5, 0.6) is 0 Å². The number of thiocarbonyl (C=S) groups is 1. The first-order chi connectivity index (χ1) is 10.6. The second kappa shape index (κ2) is 6.05. The quantitative estimate of drug-likeness (QED) is 0.652. The number of carbonyl (C=O) groups is 1. The van der Waals surface area contributed by atoms with Gasteiger partial charge in [-0.2, -0.15) is 5.10 Å². The zero-order valence-corrected chi connectivity index (χ0v) is 14.1. The lowest BCUT2D eigenvalue weighted by Gasteiger charge is -2.11. The van der Waals surface area contributed by atoms with E-state index in [9.17, 15) is 4.79 Å². The van der Waals surface area contributed by atoms with Gasteiger partial charge in [-0.15, -0.1) is 0 Å². The van der Waals surface area contributed by atoms with E-state index in [1.54, 1.807) is 35.4 Å². The molecule has 1 aliphatic heterocycles. The third kappa shape index (κ3) is 2.71. The van der Waals surface area contributed by atoms with Crippen LogP contribution in [0.4, 0.5) is 0 Å². The van der Waals surface area contributed by atoms with Crippen LogP contribution in [-0.2, 0) is 17.9 Å². The highest BCUT2D eigenvalue weighted by Crippen LogP contribution is 2.22. The second-order valence-electron chi connectivity index (χ2n) is 4.65. The van der Waals surface area contributed by atoms with E-state index < -0.39 is 0 Å². The molecule has 1 fully saturated rings. The van der Waals surface area contributed by atoms with E-state index in [1.165, 1.54) is 4.90 Å². The molecule has 0 bridgehead atoms. The molecule has 6 nitrogen and oxygen atoms in total. The van der Waals surface area contributed by atoms with Crippen LogP contribution in [0.3, 0.4) is 0 Å². The van der Waals surface area contributed by atoms with Gasteiger partial charge in [0.05, 0.1) is 29.2 Å². The second-order valence-corrected chi connectivity index (χ2v) is 5.89. The summed E-state index contributed by atoms with van der Waals surface area (Å²) in [4.78, 5) is 14.0. The molecule has 3 heterocycles. The molecule has 3 rings (SSSR count). The van der Waals surface area contributed by atoms with Crippen molar-refractivity contribution in [1.29, 1.82) is 0 Å². The molecule has 1 amide bonds. The van der Waals surface area contributed by atoms with E-state index in [1.807, 2.05) is 6.92 Å². The van der Waals surface area contributed by atoms with Crippen molar-refractivity contribution in [2.24, 2.45) is 0 Å². The molecule has 0 unspecified atom stereocenters. The number of hydrogen-bond acceptors (Lipinski definition) is 4. The van der Waals surface area contributed by atoms with Crippen molar-refractivity contribution in [3.8, 4) is 0 Å². The Balaban J connectivity index is 1.87. The summed E-state index contributed by atoms with van der Waals surface area (Å²) in [5.41, 5.74) is 1.24. The van der Waals surface area contributed by atoms with Gasteiger partial charge in [-0.25, -0.2) is 0 Å². The standard InChI is InChI=1S/C14H13BrN4O2S/c1-2-19-12(10(15)7-16-19)6-11-13(20)18(14(22)17-11)8-9-4-3-5-21-9/h3-7H,2,8H2,1H3,(H,17,22)/b11-6+. The van der Waals surface area contributed by atoms with Gasteiger partial charge in [0.25, 0.3) is 5.91 Å². The lowest BCUT2D eigenvalue weighted by Crippen LogP contribution is -2.29. The Bertz CT molecular complexity index is 751. The van der Waals surface area contributed by atoms with Gasteiger partial charge in [0, 0.05) is 6.54 Å². The molecule has 2 aromatic heterocycles. The first kappa shape index (κ1) is 15.0. The number of aryl methyl sites for hydroxylation is 1. The zero-order chi connectivity index (χ0) is 15.7. The van der Waals surface area contributed by atoms with Crippen molar-refractivity contribution >= 4 is 45.2 Å². The van der Waals surface area contributed by atoms with Gasteiger partial charge >= 0.3 is 0 Å². The van der Waals surface area contributed by atoms with E-state index in [0.717, 1.165) is 10.2 Å².